The average Bonchev–Trinajstić information content (AvgIpc) is 2.29. The molecule has 2 heteroatoms. The molecular formula is C13H18BrCl. The third kappa shape index (κ3) is 3.49. The molecule has 0 radical (unpaired) electrons. The van der Waals surface area contributed by atoms with Crippen LogP contribution in [0.25, 0.3) is 0 Å². The fraction of sp³-hybridized carbons (Fsp3) is 0.538. The molecule has 1 aromatic carbocycles. The molecule has 15 heavy (non-hydrogen) atoms. The number of benzene rings is 1. The van der Waals surface area contributed by atoms with Gasteiger partial charge >= 0.3 is 0 Å². The van der Waals surface area contributed by atoms with Gasteiger partial charge < -0.3 is 0 Å². The van der Waals surface area contributed by atoms with Gasteiger partial charge in [-0.3, -0.25) is 0 Å². The molecule has 0 unspecified atom stereocenters. The Bertz CT molecular complexity index is 280. The van der Waals surface area contributed by atoms with Gasteiger partial charge in [0.1, 0.15) is 0 Å². The maximum atomic E-state index is 5.88. The van der Waals surface area contributed by atoms with Gasteiger partial charge in [-0.25, -0.2) is 0 Å². The van der Waals surface area contributed by atoms with Crippen molar-refractivity contribution in [2.45, 2.75) is 33.1 Å². The van der Waals surface area contributed by atoms with Crippen molar-refractivity contribution < 1.29 is 0 Å². The number of halogens is 2. The molecule has 0 N–H and O–H groups in total. The molecule has 0 atom stereocenters. The minimum atomic E-state index is 0.397. The third-order valence-corrected chi connectivity index (χ3v) is 4.72. The highest BCUT2D eigenvalue weighted by molar-refractivity contribution is 9.09. The third-order valence-electron chi connectivity index (χ3n) is 3.28. The molecule has 0 saturated carbocycles. The van der Waals surface area contributed by atoms with Crippen LogP contribution in [0.1, 0.15) is 32.3 Å². The summed E-state index contributed by atoms with van der Waals surface area (Å²) < 4.78 is 0. The van der Waals surface area contributed by atoms with Crippen LogP contribution in [0.5, 0.6) is 0 Å². The first-order valence-electron chi connectivity index (χ1n) is 5.46. The maximum Gasteiger partial charge on any atom is 0.0406 e. The standard InChI is InChI=1S/C13H18BrCl/c1-3-13(4-2,10-14)9-11-5-7-12(15)8-6-11/h5-8H,3-4,9-10H2,1-2H3. The van der Waals surface area contributed by atoms with Crippen LogP contribution in [0, 0.1) is 5.41 Å². The summed E-state index contributed by atoms with van der Waals surface area (Å²) >= 11 is 9.51. The van der Waals surface area contributed by atoms with Crippen molar-refractivity contribution in [2.24, 2.45) is 5.41 Å². The van der Waals surface area contributed by atoms with Crippen LogP contribution >= 0.6 is 27.5 Å². The molecule has 0 aliphatic heterocycles. The molecule has 0 aromatic heterocycles. The summed E-state index contributed by atoms with van der Waals surface area (Å²) in [5, 5.41) is 1.88. The van der Waals surface area contributed by atoms with Gasteiger partial charge in [0.25, 0.3) is 0 Å². The monoisotopic (exact) mass is 288 g/mol. The highest BCUT2D eigenvalue weighted by Gasteiger charge is 2.24. The van der Waals surface area contributed by atoms with Gasteiger partial charge in [0.05, 0.1) is 0 Å². The molecule has 0 aliphatic rings. The van der Waals surface area contributed by atoms with E-state index in [2.05, 4.69) is 41.9 Å². The lowest BCUT2D eigenvalue weighted by Gasteiger charge is -2.29. The number of alkyl halides is 1. The van der Waals surface area contributed by atoms with Crippen molar-refractivity contribution >= 4 is 27.5 Å². The van der Waals surface area contributed by atoms with E-state index in [0.29, 0.717) is 5.41 Å². The SMILES string of the molecule is CCC(CC)(CBr)Cc1ccc(Cl)cc1. The smallest absolute Gasteiger partial charge is 0.0406 e. The van der Waals surface area contributed by atoms with E-state index in [1.807, 2.05) is 12.1 Å². The molecule has 1 aromatic rings. The zero-order chi connectivity index (χ0) is 11.3. The normalized spacial score (nSPS) is 11.7. The van der Waals surface area contributed by atoms with Crippen LogP contribution in [0.15, 0.2) is 24.3 Å². The van der Waals surface area contributed by atoms with E-state index in [4.69, 9.17) is 11.6 Å². The van der Waals surface area contributed by atoms with Crippen LogP contribution in [0.2, 0.25) is 5.02 Å². The zero-order valence-electron chi connectivity index (χ0n) is 9.39. The van der Waals surface area contributed by atoms with Gasteiger partial charge in [0.15, 0.2) is 0 Å². The van der Waals surface area contributed by atoms with E-state index >= 15 is 0 Å². The fourth-order valence-electron chi connectivity index (χ4n) is 1.77. The van der Waals surface area contributed by atoms with E-state index < -0.39 is 0 Å². The molecular weight excluding hydrogens is 272 g/mol. The van der Waals surface area contributed by atoms with Crippen molar-refractivity contribution in [3.63, 3.8) is 0 Å². The Morgan fingerprint density at radius 1 is 1.13 bits per heavy atom. The van der Waals surface area contributed by atoms with Gasteiger partial charge in [0.2, 0.25) is 0 Å². The van der Waals surface area contributed by atoms with E-state index in [-0.39, 0.29) is 0 Å². The first-order valence-corrected chi connectivity index (χ1v) is 6.96. The summed E-state index contributed by atoms with van der Waals surface area (Å²) in [5.74, 6) is 0. The minimum Gasteiger partial charge on any atom is -0.0922 e. The van der Waals surface area contributed by atoms with E-state index in [1.165, 1.54) is 18.4 Å². The van der Waals surface area contributed by atoms with Crippen molar-refractivity contribution in [1.29, 1.82) is 0 Å². The topological polar surface area (TPSA) is 0 Å². The molecule has 0 bridgehead atoms. The Hall–Kier alpha value is -0.0100. The van der Waals surface area contributed by atoms with Gasteiger partial charge in [-0.15, -0.1) is 0 Å². The molecule has 1 rings (SSSR count). The first kappa shape index (κ1) is 13.1. The highest BCUT2D eigenvalue weighted by atomic mass is 79.9. The van der Waals surface area contributed by atoms with Crippen molar-refractivity contribution in [3.05, 3.63) is 34.9 Å². The molecule has 0 spiro atoms. The van der Waals surface area contributed by atoms with Crippen molar-refractivity contribution in [1.82, 2.24) is 0 Å². The lowest BCUT2D eigenvalue weighted by atomic mass is 9.79. The first-order chi connectivity index (χ1) is 7.15. The second kappa shape index (κ2) is 5.91. The molecule has 84 valence electrons. The summed E-state index contributed by atoms with van der Waals surface area (Å²) in [6, 6.07) is 8.21. The van der Waals surface area contributed by atoms with E-state index in [9.17, 15) is 0 Å². The molecule has 0 saturated heterocycles. The number of rotatable bonds is 5. The van der Waals surface area contributed by atoms with Gasteiger partial charge in [-0.05, 0) is 42.4 Å². The van der Waals surface area contributed by atoms with Crippen LogP contribution in [-0.2, 0) is 6.42 Å². The summed E-state index contributed by atoms with van der Waals surface area (Å²) in [4.78, 5) is 0. The minimum absolute atomic E-state index is 0.397. The molecule has 0 amide bonds. The predicted molar refractivity (Wildman–Crippen MR) is 72.0 cm³/mol. The Morgan fingerprint density at radius 2 is 1.67 bits per heavy atom. The highest BCUT2D eigenvalue weighted by Crippen LogP contribution is 2.33. The summed E-state index contributed by atoms with van der Waals surface area (Å²) in [5.41, 5.74) is 1.77. The van der Waals surface area contributed by atoms with Crippen LogP contribution in [-0.4, -0.2) is 5.33 Å². The van der Waals surface area contributed by atoms with E-state index in [1.54, 1.807) is 0 Å². The molecule has 0 nitrogen and oxygen atoms in total. The molecule has 0 fully saturated rings. The lowest BCUT2D eigenvalue weighted by Crippen LogP contribution is -2.23. The van der Waals surface area contributed by atoms with E-state index in [0.717, 1.165) is 16.8 Å². The molecule has 0 heterocycles. The molecule has 0 aliphatic carbocycles. The summed E-state index contributed by atoms with van der Waals surface area (Å²) in [6.45, 7) is 4.53. The van der Waals surface area contributed by atoms with Crippen LogP contribution < -0.4 is 0 Å². The largest absolute Gasteiger partial charge is 0.0922 e. The Kier molecular flexibility index (Phi) is 5.14. The fourth-order valence-corrected chi connectivity index (χ4v) is 2.89. The second-order valence-corrected chi connectivity index (χ2v) is 5.14. The summed E-state index contributed by atoms with van der Waals surface area (Å²) in [7, 11) is 0. The van der Waals surface area contributed by atoms with Crippen molar-refractivity contribution in [2.75, 3.05) is 5.33 Å². The Labute approximate surface area is 106 Å². The number of hydrogen-bond acceptors (Lipinski definition) is 0. The maximum absolute atomic E-state index is 5.88. The quantitative estimate of drug-likeness (QED) is 0.663. The predicted octanol–water partition coefficient (Wildman–Crippen LogP) is 5.08. The van der Waals surface area contributed by atoms with Crippen LogP contribution in [0.3, 0.4) is 0 Å². The lowest BCUT2D eigenvalue weighted by molar-refractivity contribution is 0.307. The average molecular weight is 290 g/mol. The number of hydrogen-bond donors (Lipinski definition) is 0. The Balaban J connectivity index is 2.78. The second-order valence-electron chi connectivity index (χ2n) is 4.14. The summed E-state index contributed by atoms with van der Waals surface area (Å²) in [6.07, 6.45) is 3.54. The van der Waals surface area contributed by atoms with Crippen LogP contribution in [0.4, 0.5) is 0 Å². The Morgan fingerprint density at radius 3 is 2.07 bits per heavy atom. The van der Waals surface area contributed by atoms with Gasteiger partial charge in [-0.2, -0.15) is 0 Å². The van der Waals surface area contributed by atoms with Gasteiger partial charge in [0, 0.05) is 10.4 Å². The zero-order valence-corrected chi connectivity index (χ0v) is 11.7. The van der Waals surface area contributed by atoms with Crippen molar-refractivity contribution in [3.8, 4) is 0 Å². The van der Waals surface area contributed by atoms with Gasteiger partial charge in [-0.1, -0.05) is 53.5 Å².